The SMILES string of the molecule is CC(NCCCNS(C)(=O)=O)c1ccc(F)cc1F. The summed E-state index contributed by atoms with van der Waals surface area (Å²) < 4.78 is 50.2. The summed E-state index contributed by atoms with van der Waals surface area (Å²) in [5, 5.41) is 3.05. The standard InChI is InChI=1S/C12H18F2N2O2S/c1-9(11-5-4-10(13)8-12(11)14)15-6-3-7-16-19(2,17)18/h4-5,8-9,15-16H,3,6-7H2,1-2H3. The van der Waals surface area contributed by atoms with Gasteiger partial charge in [0.1, 0.15) is 11.6 Å². The van der Waals surface area contributed by atoms with E-state index in [2.05, 4.69) is 10.0 Å². The van der Waals surface area contributed by atoms with Crippen molar-refractivity contribution < 1.29 is 17.2 Å². The zero-order valence-electron chi connectivity index (χ0n) is 10.9. The summed E-state index contributed by atoms with van der Waals surface area (Å²) >= 11 is 0. The van der Waals surface area contributed by atoms with Gasteiger partial charge >= 0.3 is 0 Å². The summed E-state index contributed by atoms with van der Waals surface area (Å²) in [4.78, 5) is 0. The lowest BCUT2D eigenvalue weighted by Crippen LogP contribution is -2.27. The second-order valence-electron chi connectivity index (χ2n) is 4.36. The fourth-order valence-corrected chi connectivity index (χ4v) is 2.14. The van der Waals surface area contributed by atoms with Crippen molar-refractivity contribution in [1.82, 2.24) is 10.0 Å². The van der Waals surface area contributed by atoms with E-state index in [1.54, 1.807) is 6.92 Å². The fraction of sp³-hybridized carbons (Fsp3) is 0.500. The molecule has 0 fully saturated rings. The molecule has 0 aliphatic heterocycles. The molecule has 0 radical (unpaired) electrons. The van der Waals surface area contributed by atoms with Crippen LogP contribution in [0.15, 0.2) is 18.2 Å². The normalized spacial score (nSPS) is 13.5. The van der Waals surface area contributed by atoms with Gasteiger partial charge in [0.2, 0.25) is 10.0 Å². The van der Waals surface area contributed by atoms with Crippen LogP contribution in [0.4, 0.5) is 8.78 Å². The minimum atomic E-state index is -3.17. The first-order valence-corrected chi connectivity index (χ1v) is 7.81. The van der Waals surface area contributed by atoms with Gasteiger partial charge in [-0.1, -0.05) is 6.07 Å². The number of hydrogen-bond acceptors (Lipinski definition) is 3. The van der Waals surface area contributed by atoms with Crippen LogP contribution >= 0.6 is 0 Å². The molecule has 0 saturated heterocycles. The van der Waals surface area contributed by atoms with E-state index in [4.69, 9.17) is 0 Å². The Labute approximate surface area is 112 Å². The Morgan fingerprint density at radius 1 is 1.26 bits per heavy atom. The van der Waals surface area contributed by atoms with Crippen LogP contribution in [0.1, 0.15) is 24.9 Å². The molecule has 2 N–H and O–H groups in total. The predicted octanol–water partition coefficient (Wildman–Crippen LogP) is 1.55. The van der Waals surface area contributed by atoms with E-state index in [1.807, 2.05) is 0 Å². The molecule has 0 aliphatic rings. The Bertz CT molecular complexity index is 520. The minimum Gasteiger partial charge on any atom is -0.310 e. The monoisotopic (exact) mass is 292 g/mol. The molecule has 7 heteroatoms. The lowest BCUT2D eigenvalue weighted by atomic mass is 10.1. The van der Waals surface area contributed by atoms with Gasteiger partial charge in [-0.15, -0.1) is 0 Å². The highest BCUT2D eigenvalue weighted by Gasteiger charge is 2.10. The first kappa shape index (κ1) is 16.0. The van der Waals surface area contributed by atoms with Crippen molar-refractivity contribution in [2.24, 2.45) is 0 Å². The van der Waals surface area contributed by atoms with Gasteiger partial charge in [-0.3, -0.25) is 0 Å². The molecule has 0 saturated carbocycles. The Morgan fingerprint density at radius 3 is 2.53 bits per heavy atom. The molecule has 0 aliphatic carbocycles. The van der Waals surface area contributed by atoms with Crippen LogP contribution in [0.3, 0.4) is 0 Å². The number of halogens is 2. The molecule has 19 heavy (non-hydrogen) atoms. The fourth-order valence-electron chi connectivity index (χ4n) is 1.63. The molecule has 108 valence electrons. The van der Waals surface area contributed by atoms with E-state index in [0.29, 0.717) is 25.1 Å². The topological polar surface area (TPSA) is 58.2 Å². The highest BCUT2D eigenvalue weighted by atomic mass is 32.2. The van der Waals surface area contributed by atoms with Gasteiger partial charge in [0, 0.05) is 24.2 Å². The van der Waals surface area contributed by atoms with Crippen molar-refractivity contribution in [3.63, 3.8) is 0 Å². The number of nitrogens with one attached hydrogen (secondary N) is 2. The van der Waals surface area contributed by atoms with E-state index in [1.165, 1.54) is 12.1 Å². The van der Waals surface area contributed by atoms with Crippen molar-refractivity contribution in [1.29, 1.82) is 0 Å². The number of benzene rings is 1. The van der Waals surface area contributed by atoms with Crippen LogP contribution in [-0.4, -0.2) is 27.8 Å². The zero-order valence-corrected chi connectivity index (χ0v) is 11.7. The van der Waals surface area contributed by atoms with Crippen LogP contribution in [0.25, 0.3) is 0 Å². The minimum absolute atomic E-state index is 0.265. The van der Waals surface area contributed by atoms with Crippen molar-refractivity contribution in [2.45, 2.75) is 19.4 Å². The number of hydrogen-bond donors (Lipinski definition) is 2. The Balaban J connectivity index is 2.37. The smallest absolute Gasteiger partial charge is 0.208 e. The van der Waals surface area contributed by atoms with Crippen LogP contribution in [0.5, 0.6) is 0 Å². The molecule has 0 spiro atoms. The third-order valence-electron chi connectivity index (χ3n) is 2.60. The third-order valence-corrected chi connectivity index (χ3v) is 3.33. The van der Waals surface area contributed by atoms with Crippen molar-refractivity contribution in [3.8, 4) is 0 Å². The summed E-state index contributed by atoms with van der Waals surface area (Å²) in [6.07, 6.45) is 1.68. The lowest BCUT2D eigenvalue weighted by Gasteiger charge is -2.15. The van der Waals surface area contributed by atoms with Gasteiger partial charge in [-0.05, 0) is 26.0 Å². The van der Waals surface area contributed by atoms with Gasteiger partial charge in [0.05, 0.1) is 6.26 Å². The third kappa shape index (κ3) is 6.09. The first-order chi connectivity index (χ1) is 8.79. The van der Waals surface area contributed by atoms with Crippen molar-refractivity contribution >= 4 is 10.0 Å². The Morgan fingerprint density at radius 2 is 1.95 bits per heavy atom. The molecular weight excluding hydrogens is 274 g/mol. The average molecular weight is 292 g/mol. The molecule has 4 nitrogen and oxygen atoms in total. The summed E-state index contributed by atoms with van der Waals surface area (Å²) in [6, 6.07) is 3.19. The van der Waals surface area contributed by atoms with Gasteiger partial charge in [0.25, 0.3) is 0 Å². The van der Waals surface area contributed by atoms with Crippen molar-refractivity contribution in [2.75, 3.05) is 19.3 Å². The summed E-state index contributed by atoms with van der Waals surface area (Å²) in [6.45, 7) is 2.62. The van der Waals surface area contributed by atoms with E-state index in [-0.39, 0.29) is 6.04 Å². The Hall–Kier alpha value is -1.05. The molecule has 1 aromatic rings. The van der Waals surface area contributed by atoms with E-state index >= 15 is 0 Å². The average Bonchev–Trinajstić information content (AvgIpc) is 2.26. The van der Waals surface area contributed by atoms with E-state index in [9.17, 15) is 17.2 Å². The van der Waals surface area contributed by atoms with Gasteiger partial charge in [-0.2, -0.15) is 0 Å². The summed E-state index contributed by atoms with van der Waals surface area (Å²) in [5.41, 5.74) is 0.387. The zero-order chi connectivity index (χ0) is 14.5. The van der Waals surface area contributed by atoms with Gasteiger partial charge in [0.15, 0.2) is 0 Å². The highest BCUT2D eigenvalue weighted by molar-refractivity contribution is 7.88. The molecule has 1 aromatic carbocycles. The maximum atomic E-state index is 13.5. The highest BCUT2D eigenvalue weighted by Crippen LogP contribution is 2.17. The second-order valence-corrected chi connectivity index (χ2v) is 6.19. The first-order valence-electron chi connectivity index (χ1n) is 5.92. The molecule has 1 unspecified atom stereocenters. The van der Waals surface area contributed by atoms with Crippen LogP contribution in [0.2, 0.25) is 0 Å². The predicted molar refractivity (Wildman–Crippen MR) is 70.2 cm³/mol. The molecular formula is C12H18F2N2O2S. The number of rotatable bonds is 7. The lowest BCUT2D eigenvalue weighted by molar-refractivity contribution is 0.511. The molecule has 1 rings (SSSR count). The van der Waals surface area contributed by atoms with Crippen LogP contribution in [-0.2, 0) is 10.0 Å². The van der Waals surface area contributed by atoms with Crippen molar-refractivity contribution in [3.05, 3.63) is 35.4 Å². The molecule has 0 heterocycles. The molecule has 0 amide bonds. The molecule has 0 bridgehead atoms. The van der Waals surface area contributed by atoms with Crippen LogP contribution in [0, 0.1) is 11.6 Å². The largest absolute Gasteiger partial charge is 0.310 e. The van der Waals surface area contributed by atoms with E-state index < -0.39 is 21.7 Å². The maximum absolute atomic E-state index is 13.5. The summed E-state index contributed by atoms with van der Waals surface area (Å²) in [7, 11) is -3.17. The van der Waals surface area contributed by atoms with E-state index in [0.717, 1.165) is 12.3 Å². The van der Waals surface area contributed by atoms with Gasteiger partial charge < -0.3 is 5.32 Å². The summed E-state index contributed by atoms with van der Waals surface area (Å²) in [5.74, 6) is -1.19. The molecule has 1 atom stereocenters. The van der Waals surface area contributed by atoms with Gasteiger partial charge in [-0.25, -0.2) is 21.9 Å². The quantitative estimate of drug-likeness (QED) is 0.750. The second kappa shape index (κ2) is 6.93. The number of sulfonamides is 1. The Kier molecular flexibility index (Phi) is 5.84. The van der Waals surface area contributed by atoms with Crippen LogP contribution < -0.4 is 10.0 Å². The maximum Gasteiger partial charge on any atom is 0.208 e. The molecule has 0 aromatic heterocycles.